The van der Waals surface area contributed by atoms with E-state index < -0.39 is 0 Å². The molecule has 1 heteroatoms. The van der Waals surface area contributed by atoms with Gasteiger partial charge in [-0.2, -0.15) is 0 Å². The third kappa shape index (κ3) is 4.94. The van der Waals surface area contributed by atoms with Gasteiger partial charge in [0.15, 0.2) is 0 Å². The van der Waals surface area contributed by atoms with Crippen LogP contribution in [-0.4, -0.2) is 0 Å². The third-order valence-corrected chi connectivity index (χ3v) is 6.56. The molecule has 0 aliphatic carbocycles. The Labute approximate surface area is 218 Å². The van der Waals surface area contributed by atoms with Crippen molar-refractivity contribution in [2.45, 2.75) is 0 Å². The number of hydrogen-bond donors (Lipinski definition) is 0. The highest BCUT2D eigenvalue weighted by atomic mass is 16.5. The monoisotopic (exact) mass is 474 g/mol. The molecule has 176 valence electrons. The Hall–Kier alpha value is -4.88. The second-order valence-electron chi connectivity index (χ2n) is 8.98. The number of rotatable bonds is 6. The van der Waals surface area contributed by atoms with Crippen molar-refractivity contribution in [3.63, 3.8) is 0 Å². The van der Waals surface area contributed by atoms with Crippen molar-refractivity contribution in [2.75, 3.05) is 0 Å². The molecule has 6 rings (SSSR count). The molecule has 0 aromatic heterocycles. The fraction of sp³-hybridized carbons (Fsp3) is 0. The maximum Gasteiger partial charge on any atom is 0.128 e. The van der Waals surface area contributed by atoms with Crippen molar-refractivity contribution < 1.29 is 4.74 Å². The van der Waals surface area contributed by atoms with Gasteiger partial charge in [-0.1, -0.05) is 133 Å². The van der Waals surface area contributed by atoms with Gasteiger partial charge in [0.05, 0.1) is 0 Å². The maximum absolute atomic E-state index is 6.48. The first-order valence-electron chi connectivity index (χ1n) is 12.5. The number of hydrogen-bond acceptors (Lipinski definition) is 1. The first kappa shape index (κ1) is 22.6. The van der Waals surface area contributed by atoms with E-state index in [1.54, 1.807) is 0 Å². The lowest BCUT2D eigenvalue weighted by atomic mass is 9.94. The minimum absolute atomic E-state index is 0.810. The van der Waals surface area contributed by atoms with Gasteiger partial charge in [0.1, 0.15) is 11.5 Å². The molecule has 0 heterocycles. The van der Waals surface area contributed by atoms with Crippen molar-refractivity contribution in [1.29, 1.82) is 0 Å². The number of benzene rings is 6. The van der Waals surface area contributed by atoms with E-state index in [4.69, 9.17) is 4.74 Å². The van der Waals surface area contributed by atoms with E-state index in [0.717, 1.165) is 33.8 Å². The summed E-state index contributed by atoms with van der Waals surface area (Å²) in [6.07, 6.45) is 0. The largest absolute Gasteiger partial charge is 0.457 e. The topological polar surface area (TPSA) is 9.23 Å². The minimum Gasteiger partial charge on any atom is -0.457 e. The van der Waals surface area contributed by atoms with E-state index in [1.165, 1.54) is 22.3 Å². The van der Waals surface area contributed by atoms with Crippen molar-refractivity contribution >= 4 is 0 Å². The summed E-state index contributed by atoms with van der Waals surface area (Å²) in [5, 5.41) is 0. The van der Waals surface area contributed by atoms with Gasteiger partial charge in [-0.25, -0.2) is 0 Å². The van der Waals surface area contributed by atoms with Gasteiger partial charge in [-0.3, -0.25) is 0 Å². The first-order valence-corrected chi connectivity index (χ1v) is 12.5. The van der Waals surface area contributed by atoms with Crippen molar-refractivity contribution in [3.05, 3.63) is 158 Å². The normalized spacial score (nSPS) is 10.7. The first-order chi connectivity index (χ1) is 18.3. The molecule has 6 aromatic carbocycles. The molecule has 0 spiro atoms. The maximum atomic E-state index is 6.48. The second-order valence-corrected chi connectivity index (χ2v) is 8.98. The highest BCUT2D eigenvalue weighted by Gasteiger charge is 2.12. The predicted molar refractivity (Wildman–Crippen MR) is 155 cm³/mol. The molecule has 0 bridgehead atoms. The molecular formula is C36H26O. The molecule has 0 saturated carbocycles. The standard InChI is InChI=1S/C36H26O/c1-5-13-27(14-6-1)33-23-21-31(25-35(33)29-17-9-3-10-18-29)37-32-22-24-34(28-15-7-2-8-16-28)36(26-32)30-19-11-4-12-20-30/h1-26H. The average Bonchev–Trinajstić information content (AvgIpc) is 2.99. The van der Waals surface area contributed by atoms with Gasteiger partial charge in [-0.15, -0.1) is 0 Å². The van der Waals surface area contributed by atoms with Gasteiger partial charge in [0, 0.05) is 0 Å². The smallest absolute Gasteiger partial charge is 0.128 e. The van der Waals surface area contributed by atoms with Crippen LogP contribution < -0.4 is 4.74 Å². The molecule has 0 radical (unpaired) electrons. The Morgan fingerprint density at radius 3 is 0.892 bits per heavy atom. The fourth-order valence-corrected chi connectivity index (χ4v) is 4.76. The van der Waals surface area contributed by atoms with E-state index in [9.17, 15) is 0 Å². The SMILES string of the molecule is c1ccc(-c2ccc(Oc3ccc(-c4ccccc4)c(-c4ccccc4)c3)cc2-c2ccccc2)cc1. The van der Waals surface area contributed by atoms with Crippen LogP contribution in [0, 0.1) is 0 Å². The van der Waals surface area contributed by atoms with E-state index in [2.05, 4.69) is 133 Å². The van der Waals surface area contributed by atoms with Gasteiger partial charge in [0.2, 0.25) is 0 Å². The highest BCUT2D eigenvalue weighted by Crippen LogP contribution is 2.39. The molecule has 37 heavy (non-hydrogen) atoms. The van der Waals surface area contributed by atoms with Crippen LogP contribution in [0.4, 0.5) is 0 Å². The van der Waals surface area contributed by atoms with Gasteiger partial charge >= 0.3 is 0 Å². The van der Waals surface area contributed by atoms with E-state index in [1.807, 2.05) is 24.3 Å². The summed E-state index contributed by atoms with van der Waals surface area (Å²) < 4.78 is 6.48. The van der Waals surface area contributed by atoms with Gasteiger partial charge in [-0.05, 0) is 68.8 Å². The average molecular weight is 475 g/mol. The molecule has 0 N–H and O–H groups in total. The second kappa shape index (κ2) is 10.4. The van der Waals surface area contributed by atoms with Crippen LogP contribution in [0.2, 0.25) is 0 Å². The summed E-state index contributed by atoms with van der Waals surface area (Å²) in [4.78, 5) is 0. The van der Waals surface area contributed by atoms with E-state index >= 15 is 0 Å². The Morgan fingerprint density at radius 1 is 0.270 bits per heavy atom. The Morgan fingerprint density at radius 2 is 0.568 bits per heavy atom. The lowest BCUT2D eigenvalue weighted by Crippen LogP contribution is -1.91. The lowest BCUT2D eigenvalue weighted by molar-refractivity contribution is 0.483. The molecule has 0 amide bonds. The zero-order valence-corrected chi connectivity index (χ0v) is 20.4. The van der Waals surface area contributed by atoms with Crippen molar-refractivity contribution in [3.8, 4) is 56.0 Å². The molecule has 6 aromatic rings. The summed E-state index contributed by atoms with van der Waals surface area (Å²) >= 11 is 0. The molecule has 0 unspecified atom stereocenters. The molecule has 0 atom stereocenters. The van der Waals surface area contributed by atoms with Crippen LogP contribution in [0.15, 0.2) is 158 Å². The summed E-state index contributed by atoms with van der Waals surface area (Å²) in [7, 11) is 0. The summed E-state index contributed by atoms with van der Waals surface area (Å²) in [6.45, 7) is 0. The number of ether oxygens (including phenoxy) is 1. The van der Waals surface area contributed by atoms with E-state index in [-0.39, 0.29) is 0 Å². The minimum atomic E-state index is 0.810. The summed E-state index contributed by atoms with van der Waals surface area (Å²) in [6, 6.07) is 54.7. The van der Waals surface area contributed by atoms with Crippen LogP contribution in [0.1, 0.15) is 0 Å². The lowest BCUT2D eigenvalue weighted by Gasteiger charge is -2.16. The molecule has 0 aliphatic heterocycles. The molecule has 0 fully saturated rings. The summed E-state index contributed by atoms with van der Waals surface area (Å²) in [5.41, 5.74) is 9.36. The zero-order chi connectivity index (χ0) is 24.9. The third-order valence-electron chi connectivity index (χ3n) is 6.56. The molecular weight excluding hydrogens is 448 g/mol. The van der Waals surface area contributed by atoms with Crippen LogP contribution >= 0.6 is 0 Å². The quantitative estimate of drug-likeness (QED) is 0.233. The van der Waals surface area contributed by atoms with Crippen LogP contribution in [0.25, 0.3) is 44.5 Å². The fourth-order valence-electron chi connectivity index (χ4n) is 4.76. The van der Waals surface area contributed by atoms with Crippen molar-refractivity contribution in [2.24, 2.45) is 0 Å². The Kier molecular flexibility index (Phi) is 6.34. The van der Waals surface area contributed by atoms with Gasteiger partial charge in [0.25, 0.3) is 0 Å². The summed E-state index contributed by atoms with van der Waals surface area (Å²) in [5.74, 6) is 1.62. The van der Waals surface area contributed by atoms with Crippen LogP contribution in [0.3, 0.4) is 0 Å². The highest BCUT2D eigenvalue weighted by molar-refractivity contribution is 5.86. The van der Waals surface area contributed by atoms with Crippen LogP contribution in [-0.2, 0) is 0 Å². The van der Waals surface area contributed by atoms with Crippen LogP contribution in [0.5, 0.6) is 11.5 Å². The van der Waals surface area contributed by atoms with Gasteiger partial charge < -0.3 is 4.74 Å². The molecule has 1 nitrogen and oxygen atoms in total. The molecule has 0 saturated heterocycles. The predicted octanol–water partition coefficient (Wildman–Crippen LogP) is 10.1. The molecule has 0 aliphatic rings. The Balaban J connectivity index is 1.42. The zero-order valence-electron chi connectivity index (χ0n) is 20.4. The van der Waals surface area contributed by atoms with E-state index in [0.29, 0.717) is 0 Å². The van der Waals surface area contributed by atoms with Crippen molar-refractivity contribution in [1.82, 2.24) is 0 Å². The Bertz CT molecular complexity index is 1480.